The molecule has 1 N–H and O–H groups in total. The van der Waals surface area contributed by atoms with Crippen LogP contribution >= 0.6 is 15.9 Å². The first-order valence-corrected chi connectivity index (χ1v) is 7.58. The number of benzene rings is 1. The Morgan fingerprint density at radius 3 is 2.81 bits per heavy atom. The number of ether oxygens (including phenoxy) is 2. The van der Waals surface area contributed by atoms with E-state index in [2.05, 4.69) is 38.4 Å². The summed E-state index contributed by atoms with van der Waals surface area (Å²) < 4.78 is 11.3. The van der Waals surface area contributed by atoms with Crippen LogP contribution in [-0.4, -0.2) is 25.3 Å². The van der Waals surface area contributed by atoms with E-state index in [1.165, 1.54) is 0 Å². The number of aromatic nitrogens is 1. The largest absolute Gasteiger partial charge is 0.382 e. The van der Waals surface area contributed by atoms with Crippen LogP contribution in [0, 0.1) is 0 Å². The molecule has 0 saturated carbocycles. The third-order valence-corrected chi connectivity index (χ3v) is 3.32. The summed E-state index contributed by atoms with van der Waals surface area (Å²) in [5.41, 5.74) is 3.19. The highest BCUT2D eigenvalue weighted by atomic mass is 79.9. The average Bonchev–Trinajstić information content (AvgIpc) is 2.50. The van der Waals surface area contributed by atoms with Crippen molar-refractivity contribution in [2.45, 2.75) is 13.2 Å². The number of methoxy groups -OCH3 is 1. The van der Waals surface area contributed by atoms with Gasteiger partial charge in [0.15, 0.2) is 0 Å². The van der Waals surface area contributed by atoms with Crippen molar-refractivity contribution in [3.63, 3.8) is 0 Å². The van der Waals surface area contributed by atoms with Crippen LogP contribution in [-0.2, 0) is 22.6 Å². The first-order chi connectivity index (χ1) is 10.3. The van der Waals surface area contributed by atoms with Gasteiger partial charge in [0, 0.05) is 12.8 Å². The molecule has 2 rings (SSSR count). The lowest BCUT2D eigenvalue weighted by Crippen LogP contribution is -2.04. The van der Waals surface area contributed by atoms with Gasteiger partial charge in [-0.2, -0.15) is 0 Å². The lowest BCUT2D eigenvalue weighted by Gasteiger charge is -2.09. The normalized spacial score (nSPS) is 10.6. The number of nitrogens with zero attached hydrogens (tertiary/aromatic N) is 1. The fourth-order valence-electron chi connectivity index (χ4n) is 1.84. The molecular weight excluding hydrogens is 332 g/mol. The molecular formula is C16H19BrN2O2. The second-order valence-electron chi connectivity index (χ2n) is 4.55. The molecule has 0 fully saturated rings. The molecule has 0 aliphatic heterocycles. The highest BCUT2D eigenvalue weighted by Gasteiger charge is 1.99. The van der Waals surface area contributed by atoms with Crippen molar-refractivity contribution in [3.05, 3.63) is 58.3 Å². The Labute approximate surface area is 133 Å². The Bertz CT molecular complexity index is 563. The number of pyridine rings is 1. The zero-order chi connectivity index (χ0) is 14.9. The minimum atomic E-state index is 0.591. The highest BCUT2D eigenvalue weighted by molar-refractivity contribution is 9.10. The van der Waals surface area contributed by atoms with Gasteiger partial charge in [-0.1, -0.05) is 18.2 Å². The SMILES string of the molecule is COCCOCc1cccc(NCc2cccc(Br)n2)c1. The van der Waals surface area contributed by atoms with Gasteiger partial charge in [-0.25, -0.2) is 4.98 Å². The Morgan fingerprint density at radius 1 is 1.14 bits per heavy atom. The zero-order valence-electron chi connectivity index (χ0n) is 12.0. The third-order valence-electron chi connectivity index (χ3n) is 2.87. The molecule has 4 nitrogen and oxygen atoms in total. The van der Waals surface area contributed by atoms with Crippen molar-refractivity contribution in [2.24, 2.45) is 0 Å². The van der Waals surface area contributed by atoms with E-state index in [0.29, 0.717) is 26.4 Å². The van der Waals surface area contributed by atoms with E-state index in [-0.39, 0.29) is 0 Å². The van der Waals surface area contributed by atoms with Crippen LogP contribution < -0.4 is 5.32 Å². The Morgan fingerprint density at radius 2 is 2.00 bits per heavy atom. The topological polar surface area (TPSA) is 43.4 Å². The van der Waals surface area contributed by atoms with Crippen LogP contribution in [0.5, 0.6) is 0 Å². The fraction of sp³-hybridized carbons (Fsp3) is 0.312. The minimum absolute atomic E-state index is 0.591. The van der Waals surface area contributed by atoms with E-state index in [1.54, 1.807) is 7.11 Å². The van der Waals surface area contributed by atoms with E-state index in [4.69, 9.17) is 9.47 Å². The molecule has 1 heterocycles. The van der Waals surface area contributed by atoms with E-state index < -0.39 is 0 Å². The number of nitrogens with one attached hydrogen (secondary N) is 1. The highest BCUT2D eigenvalue weighted by Crippen LogP contribution is 2.13. The standard InChI is InChI=1S/C16H19BrN2O2/c1-20-8-9-21-12-13-4-2-5-14(10-13)18-11-15-6-3-7-16(17)19-15/h2-7,10,18H,8-9,11-12H2,1H3. The maximum absolute atomic E-state index is 5.52. The maximum Gasteiger partial charge on any atom is 0.106 e. The molecule has 0 spiro atoms. The molecule has 0 radical (unpaired) electrons. The molecule has 0 saturated heterocycles. The van der Waals surface area contributed by atoms with E-state index in [0.717, 1.165) is 21.5 Å². The lowest BCUT2D eigenvalue weighted by atomic mass is 10.2. The number of hydrogen-bond donors (Lipinski definition) is 1. The van der Waals surface area contributed by atoms with Gasteiger partial charge in [0.05, 0.1) is 32.1 Å². The van der Waals surface area contributed by atoms with Gasteiger partial charge in [-0.15, -0.1) is 0 Å². The van der Waals surface area contributed by atoms with Gasteiger partial charge in [0.1, 0.15) is 4.60 Å². The second-order valence-corrected chi connectivity index (χ2v) is 5.36. The van der Waals surface area contributed by atoms with Crippen molar-refractivity contribution < 1.29 is 9.47 Å². The molecule has 2 aromatic rings. The van der Waals surface area contributed by atoms with Gasteiger partial charge in [-0.3, -0.25) is 0 Å². The van der Waals surface area contributed by atoms with E-state index >= 15 is 0 Å². The van der Waals surface area contributed by atoms with Crippen LogP contribution in [0.25, 0.3) is 0 Å². The summed E-state index contributed by atoms with van der Waals surface area (Å²) >= 11 is 3.38. The monoisotopic (exact) mass is 350 g/mol. The van der Waals surface area contributed by atoms with Crippen molar-refractivity contribution >= 4 is 21.6 Å². The predicted molar refractivity (Wildman–Crippen MR) is 87.2 cm³/mol. The fourth-order valence-corrected chi connectivity index (χ4v) is 2.23. The summed E-state index contributed by atoms with van der Waals surface area (Å²) in [5.74, 6) is 0. The molecule has 0 bridgehead atoms. The van der Waals surface area contributed by atoms with Crippen molar-refractivity contribution in [2.75, 3.05) is 25.6 Å². The Balaban J connectivity index is 1.86. The van der Waals surface area contributed by atoms with Gasteiger partial charge < -0.3 is 14.8 Å². The Kier molecular flexibility index (Phi) is 6.66. The number of halogens is 1. The molecule has 0 unspecified atom stereocenters. The van der Waals surface area contributed by atoms with Crippen LogP contribution in [0.15, 0.2) is 47.1 Å². The van der Waals surface area contributed by atoms with E-state index in [9.17, 15) is 0 Å². The number of hydrogen-bond acceptors (Lipinski definition) is 4. The summed E-state index contributed by atoms with van der Waals surface area (Å²) in [5, 5.41) is 3.37. The minimum Gasteiger partial charge on any atom is -0.382 e. The van der Waals surface area contributed by atoms with Crippen LogP contribution in [0.2, 0.25) is 0 Å². The summed E-state index contributed by atoms with van der Waals surface area (Å²) in [6, 6.07) is 14.1. The molecule has 0 amide bonds. The van der Waals surface area contributed by atoms with Gasteiger partial charge in [0.2, 0.25) is 0 Å². The van der Waals surface area contributed by atoms with E-state index in [1.807, 2.05) is 30.3 Å². The molecule has 1 aromatic carbocycles. The molecule has 0 aliphatic rings. The molecule has 0 atom stereocenters. The average molecular weight is 351 g/mol. The number of anilines is 1. The third kappa shape index (κ3) is 5.83. The molecule has 0 aliphatic carbocycles. The molecule has 5 heteroatoms. The van der Waals surface area contributed by atoms with Crippen LogP contribution in [0.4, 0.5) is 5.69 Å². The van der Waals surface area contributed by atoms with Gasteiger partial charge in [-0.05, 0) is 45.8 Å². The molecule has 21 heavy (non-hydrogen) atoms. The lowest BCUT2D eigenvalue weighted by molar-refractivity contribution is 0.0617. The maximum atomic E-state index is 5.52. The summed E-state index contributed by atoms with van der Waals surface area (Å²) in [6.07, 6.45) is 0. The molecule has 112 valence electrons. The van der Waals surface area contributed by atoms with Gasteiger partial charge in [0.25, 0.3) is 0 Å². The summed E-state index contributed by atoms with van der Waals surface area (Å²) in [4.78, 5) is 4.40. The first kappa shape index (κ1) is 15.9. The van der Waals surface area contributed by atoms with Gasteiger partial charge >= 0.3 is 0 Å². The number of rotatable bonds is 8. The summed E-state index contributed by atoms with van der Waals surface area (Å²) in [7, 11) is 1.67. The van der Waals surface area contributed by atoms with Crippen LogP contribution in [0.3, 0.4) is 0 Å². The quantitative estimate of drug-likeness (QED) is 0.583. The van der Waals surface area contributed by atoms with Crippen molar-refractivity contribution in [3.8, 4) is 0 Å². The zero-order valence-corrected chi connectivity index (χ0v) is 13.6. The van der Waals surface area contributed by atoms with Crippen LogP contribution in [0.1, 0.15) is 11.3 Å². The smallest absolute Gasteiger partial charge is 0.106 e. The Hall–Kier alpha value is -1.43. The second kappa shape index (κ2) is 8.77. The summed E-state index contributed by atoms with van der Waals surface area (Å²) in [6.45, 7) is 2.50. The van der Waals surface area contributed by atoms with Crippen molar-refractivity contribution in [1.29, 1.82) is 0 Å². The predicted octanol–water partition coefficient (Wildman–Crippen LogP) is 3.62. The van der Waals surface area contributed by atoms with Crippen molar-refractivity contribution in [1.82, 2.24) is 4.98 Å². The first-order valence-electron chi connectivity index (χ1n) is 6.79. The molecule has 1 aromatic heterocycles.